The minimum atomic E-state index is 0.0954. The molecular weight excluding hydrogens is 282 g/mol. The summed E-state index contributed by atoms with van der Waals surface area (Å²) in [4.78, 5) is 1.19. The molecule has 2 aromatic rings. The van der Waals surface area contributed by atoms with Crippen molar-refractivity contribution < 1.29 is 9.47 Å². The highest BCUT2D eigenvalue weighted by molar-refractivity contribution is 7.10. The number of nitrogens with one attached hydrogen (secondary N) is 1. The van der Waals surface area contributed by atoms with Gasteiger partial charge in [-0.05, 0) is 30.5 Å². The van der Waals surface area contributed by atoms with Crippen LogP contribution in [0.3, 0.4) is 0 Å². The first-order chi connectivity index (χ1) is 10.3. The van der Waals surface area contributed by atoms with Crippen LogP contribution in [0.4, 0.5) is 0 Å². The van der Waals surface area contributed by atoms with E-state index >= 15 is 0 Å². The van der Waals surface area contributed by atoms with Crippen LogP contribution in [0.5, 0.6) is 11.5 Å². The van der Waals surface area contributed by atoms with E-state index in [-0.39, 0.29) is 6.04 Å². The third-order valence-electron chi connectivity index (χ3n) is 3.24. The molecule has 0 aliphatic carbocycles. The highest BCUT2D eigenvalue weighted by Crippen LogP contribution is 2.38. The average molecular weight is 305 g/mol. The van der Waals surface area contributed by atoms with E-state index < -0.39 is 0 Å². The molecule has 1 unspecified atom stereocenters. The molecule has 114 valence electrons. The molecule has 0 aliphatic rings. The van der Waals surface area contributed by atoms with Crippen molar-refractivity contribution in [1.29, 1.82) is 0 Å². The average Bonchev–Trinajstić information content (AvgIpc) is 2.99. The van der Waals surface area contributed by atoms with Crippen molar-refractivity contribution in [3.8, 4) is 11.5 Å². The first kappa shape index (κ1) is 15.9. The van der Waals surface area contributed by atoms with Crippen molar-refractivity contribution in [2.75, 3.05) is 20.3 Å². The SMILES string of the molecule is CCCOc1ccccc1C(NCC)c1sccc1OC. The van der Waals surface area contributed by atoms with Crippen LogP contribution in [-0.2, 0) is 0 Å². The molecule has 1 N–H and O–H groups in total. The Balaban J connectivity index is 2.38. The summed E-state index contributed by atoms with van der Waals surface area (Å²) >= 11 is 1.71. The highest BCUT2D eigenvalue weighted by Gasteiger charge is 2.22. The quantitative estimate of drug-likeness (QED) is 0.791. The number of thiophene rings is 1. The molecule has 0 radical (unpaired) electrons. The van der Waals surface area contributed by atoms with Crippen LogP contribution in [0.2, 0.25) is 0 Å². The van der Waals surface area contributed by atoms with Gasteiger partial charge in [-0.2, -0.15) is 0 Å². The number of ether oxygens (including phenoxy) is 2. The van der Waals surface area contributed by atoms with Gasteiger partial charge in [0.25, 0.3) is 0 Å². The van der Waals surface area contributed by atoms with Gasteiger partial charge in [0, 0.05) is 5.56 Å². The van der Waals surface area contributed by atoms with Gasteiger partial charge in [0.05, 0.1) is 24.6 Å². The monoisotopic (exact) mass is 305 g/mol. The van der Waals surface area contributed by atoms with Gasteiger partial charge in [-0.15, -0.1) is 11.3 Å². The molecule has 0 saturated carbocycles. The van der Waals surface area contributed by atoms with E-state index in [9.17, 15) is 0 Å². The number of hydrogen-bond acceptors (Lipinski definition) is 4. The van der Waals surface area contributed by atoms with Crippen LogP contribution < -0.4 is 14.8 Å². The molecule has 1 heterocycles. The van der Waals surface area contributed by atoms with E-state index in [4.69, 9.17) is 9.47 Å². The van der Waals surface area contributed by atoms with Crippen molar-refractivity contribution in [2.24, 2.45) is 0 Å². The lowest BCUT2D eigenvalue weighted by Gasteiger charge is -2.21. The fourth-order valence-electron chi connectivity index (χ4n) is 2.30. The van der Waals surface area contributed by atoms with Gasteiger partial charge in [0.15, 0.2) is 0 Å². The van der Waals surface area contributed by atoms with Crippen LogP contribution in [-0.4, -0.2) is 20.3 Å². The minimum absolute atomic E-state index is 0.0954. The molecule has 0 spiro atoms. The van der Waals surface area contributed by atoms with Gasteiger partial charge in [-0.25, -0.2) is 0 Å². The van der Waals surface area contributed by atoms with Crippen LogP contribution >= 0.6 is 11.3 Å². The van der Waals surface area contributed by atoms with Crippen molar-refractivity contribution in [3.63, 3.8) is 0 Å². The largest absolute Gasteiger partial charge is 0.496 e. The number of para-hydroxylation sites is 1. The van der Waals surface area contributed by atoms with Crippen LogP contribution in [0.25, 0.3) is 0 Å². The third-order valence-corrected chi connectivity index (χ3v) is 4.20. The fraction of sp³-hybridized carbons (Fsp3) is 0.412. The van der Waals surface area contributed by atoms with Crippen molar-refractivity contribution in [3.05, 3.63) is 46.2 Å². The summed E-state index contributed by atoms with van der Waals surface area (Å²) in [5, 5.41) is 5.61. The van der Waals surface area contributed by atoms with Crippen LogP contribution in [0.15, 0.2) is 35.7 Å². The molecular formula is C17H23NO2S. The summed E-state index contributed by atoms with van der Waals surface area (Å²) in [5.74, 6) is 1.87. The summed E-state index contributed by atoms with van der Waals surface area (Å²) in [6.07, 6.45) is 1.00. The maximum atomic E-state index is 5.91. The van der Waals surface area contributed by atoms with Gasteiger partial charge < -0.3 is 14.8 Å². The predicted octanol–water partition coefficient (Wildman–Crippen LogP) is 4.24. The molecule has 2 rings (SSSR count). The summed E-state index contributed by atoms with van der Waals surface area (Å²) in [7, 11) is 1.72. The highest BCUT2D eigenvalue weighted by atomic mass is 32.1. The predicted molar refractivity (Wildman–Crippen MR) is 88.6 cm³/mol. The molecule has 21 heavy (non-hydrogen) atoms. The first-order valence-electron chi connectivity index (χ1n) is 7.38. The van der Waals surface area contributed by atoms with E-state index in [2.05, 4.69) is 36.7 Å². The maximum Gasteiger partial charge on any atom is 0.134 e. The fourth-order valence-corrected chi connectivity index (χ4v) is 3.25. The second kappa shape index (κ2) is 8.05. The first-order valence-corrected chi connectivity index (χ1v) is 8.26. The molecule has 1 atom stereocenters. The van der Waals surface area contributed by atoms with Crippen molar-refractivity contribution in [2.45, 2.75) is 26.3 Å². The molecule has 0 bridgehead atoms. The molecule has 3 nitrogen and oxygen atoms in total. The second-order valence-corrected chi connectivity index (χ2v) is 5.68. The Kier molecular flexibility index (Phi) is 6.08. The number of hydrogen-bond donors (Lipinski definition) is 1. The Bertz CT molecular complexity index is 553. The third kappa shape index (κ3) is 3.77. The summed E-state index contributed by atoms with van der Waals surface area (Å²) in [6, 6.07) is 10.3. The number of rotatable bonds is 8. The van der Waals surface area contributed by atoms with Crippen molar-refractivity contribution >= 4 is 11.3 Å². The standard InChI is InChI=1S/C17H23NO2S/c1-4-11-20-14-9-7-6-8-13(14)16(18-5-2)17-15(19-3)10-12-21-17/h6-10,12,16,18H,4-5,11H2,1-3H3. The zero-order valence-electron chi connectivity index (χ0n) is 12.9. The van der Waals surface area contributed by atoms with Gasteiger partial charge in [0.2, 0.25) is 0 Å². The van der Waals surface area contributed by atoms with E-state index in [1.54, 1.807) is 18.4 Å². The van der Waals surface area contributed by atoms with Crippen molar-refractivity contribution in [1.82, 2.24) is 5.32 Å². The molecule has 1 aromatic carbocycles. The van der Waals surface area contributed by atoms with Crippen LogP contribution in [0.1, 0.15) is 36.8 Å². The number of benzene rings is 1. The molecule has 0 saturated heterocycles. The Hall–Kier alpha value is -1.52. The van der Waals surface area contributed by atoms with E-state index in [1.807, 2.05) is 18.2 Å². The smallest absolute Gasteiger partial charge is 0.134 e. The second-order valence-electron chi connectivity index (χ2n) is 4.73. The number of methoxy groups -OCH3 is 1. The molecule has 4 heteroatoms. The van der Waals surface area contributed by atoms with Gasteiger partial charge in [0.1, 0.15) is 11.5 Å². The normalized spacial score (nSPS) is 12.1. The molecule has 0 fully saturated rings. The van der Waals surface area contributed by atoms with Crippen LogP contribution in [0, 0.1) is 0 Å². The van der Waals surface area contributed by atoms with E-state index in [1.165, 1.54) is 4.88 Å². The minimum Gasteiger partial charge on any atom is -0.496 e. The molecule has 0 amide bonds. The Morgan fingerprint density at radius 3 is 2.67 bits per heavy atom. The Morgan fingerprint density at radius 1 is 1.14 bits per heavy atom. The summed E-state index contributed by atoms with van der Waals surface area (Å²) < 4.78 is 11.4. The lowest BCUT2D eigenvalue weighted by atomic mass is 10.0. The van der Waals surface area contributed by atoms with Gasteiger partial charge >= 0.3 is 0 Å². The zero-order chi connectivity index (χ0) is 15.1. The molecule has 0 aliphatic heterocycles. The van der Waals surface area contributed by atoms with Gasteiger partial charge in [-0.1, -0.05) is 32.0 Å². The summed E-state index contributed by atoms with van der Waals surface area (Å²) in [6.45, 7) is 5.85. The lowest BCUT2D eigenvalue weighted by molar-refractivity contribution is 0.311. The Labute approximate surface area is 130 Å². The molecule has 1 aromatic heterocycles. The lowest BCUT2D eigenvalue weighted by Crippen LogP contribution is -2.22. The summed E-state index contributed by atoms with van der Waals surface area (Å²) in [5.41, 5.74) is 1.16. The maximum absolute atomic E-state index is 5.91. The van der Waals surface area contributed by atoms with Gasteiger partial charge in [-0.3, -0.25) is 0 Å². The zero-order valence-corrected chi connectivity index (χ0v) is 13.7. The Morgan fingerprint density at radius 2 is 1.95 bits per heavy atom. The van der Waals surface area contributed by atoms with E-state index in [0.717, 1.165) is 36.6 Å². The van der Waals surface area contributed by atoms with E-state index in [0.29, 0.717) is 0 Å². The topological polar surface area (TPSA) is 30.5 Å².